The summed E-state index contributed by atoms with van der Waals surface area (Å²) in [5.74, 6) is -0.264. The SMILES string of the molecule is CCOC(=O)C1CCN(c2ncnc(Oc3ccc4oc(=O)ccc4c3)c2[N+](=O)[O-])CC1. The molecular weight excluding hydrogens is 420 g/mol. The first-order valence-corrected chi connectivity index (χ1v) is 10.1. The van der Waals surface area contributed by atoms with Crippen molar-refractivity contribution in [3.63, 3.8) is 0 Å². The number of carbonyl (C=O) groups excluding carboxylic acids is 1. The number of benzene rings is 1. The maximum atomic E-state index is 12.0. The van der Waals surface area contributed by atoms with Crippen LogP contribution in [0.3, 0.4) is 0 Å². The van der Waals surface area contributed by atoms with E-state index in [4.69, 9.17) is 13.9 Å². The molecule has 0 atom stereocenters. The van der Waals surface area contributed by atoms with E-state index in [1.165, 1.54) is 18.5 Å². The van der Waals surface area contributed by atoms with Crippen molar-refractivity contribution < 1.29 is 23.6 Å². The minimum Gasteiger partial charge on any atom is -0.466 e. The molecule has 0 radical (unpaired) electrons. The van der Waals surface area contributed by atoms with E-state index in [-0.39, 0.29) is 29.3 Å². The number of rotatable bonds is 6. The Morgan fingerprint density at radius 3 is 2.75 bits per heavy atom. The van der Waals surface area contributed by atoms with Crippen LogP contribution in [0.4, 0.5) is 11.5 Å². The fourth-order valence-corrected chi connectivity index (χ4v) is 3.63. The Morgan fingerprint density at radius 1 is 1.25 bits per heavy atom. The zero-order valence-electron chi connectivity index (χ0n) is 17.2. The molecule has 0 amide bonds. The zero-order chi connectivity index (χ0) is 22.7. The van der Waals surface area contributed by atoms with Crippen molar-refractivity contribution in [2.45, 2.75) is 19.8 Å². The molecule has 0 bridgehead atoms. The first-order chi connectivity index (χ1) is 15.5. The summed E-state index contributed by atoms with van der Waals surface area (Å²) in [6, 6.07) is 7.51. The molecule has 1 aliphatic heterocycles. The van der Waals surface area contributed by atoms with E-state index < -0.39 is 10.5 Å². The van der Waals surface area contributed by atoms with Gasteiger partial charge in [0.2, 0.25) is 5.82 Å². The molecule has 0 saturated carbocycles. The van der Waals surface area contributed by atoms with Crippen LogP contribution in [0.5, 0.6) is 11.6 Å². The average molecular weight is 440 g/mol. The van der Waals surface area contributed by atoms with Crippen LogP contribution in [-0.2, 0) is 9.53 Å². The fraction of sp³-hybridized carbons (Fsp3) is 0.333. The highest BCUT2D eigenvalue weighted by Gasteiger charge is 2.33. The minimum atomic E-state index is -0.581. The zero-order valence-corrected chi connectivity index (χ0v) is 17.2. The van der Waals surface area contributed by atoms with Gasteiger partial charge in [0.25, 0.3) is 0 Å². The molecule has 0 aliphatic carbocycles. The number of nitrogens with zero attached hydrogens (tertiary/aromatic N) is 4. The standard InChI is InChI=1S/C21H20N4O7/c1-2-30-21(27)13-7-9-24(10-8-13)19-18(25(28)29)20(23-12-22-19)31-15-4-5-16-14(11-15)3-6-17(26)32-16/h3-6,11-13H,2,7-10H2,1H3. The monoisotopic (exact) mass is 440 g/mol. The molecule has 11 nitrogen and oxygen atoms in total. The van der Waals surface area contributed by atoms with Crippen molar-refractivity contribution >= 4 is 28.4 Å². The van der Waals surface area contributed by atoms with Crippen LogP contribution in [0.15, 0.2) is 45.9 Å². The average Bonchev–Trinajstić information content (AvgIpc) is 2.79. The quantitative estimate of drug-likeness (QED) is 0.243. The molecule has 32 heavy (non-hydrogen) atoms. The van der Waals surface area contributed by atoms with Gasteiger partial charge in [-0.3, -0.25) is 14.9 Å². The lowest BCUT2D eigenvalue weighted by atomic mass is 9.97. The van der Waals surface area contributed by atoms with Gasteiger partial charge in [0, 0.05) is 24.5 Å². The molecule has 0 N–H and O–H groups in total. The largest absolute Gasteiger partial charge is 0.466 e. The van der Waals surface area contributed by atoms with Gasteiger partial charge in [0.15, 0.2) is 0 Å². The van der Waals surface area contributed by atoms with Crippen LogP contribution < -0.4 is 15.3 Å². The number of anilines is 1. The van der Waals surface area contributed by atoms with Crippen molar-refractivity contribution in [2.24, 2.45) is 5.92 Å². The molecule has 0 spiro atoms. The van der Waals surface area contributed by atoms with Gasteiger partial charge in [-0.15, -0.1) is 0 Å². The number of hydrogen-bond acceptors (Lipinski definition) is 10. The van der Waals surface area contributed by atoms with Crippen LogP contribution >= 0.6 is 0 Å². The molecule has 1 saturated heterocycles. The molecular formula is C21H20N4O7. The predicted molar refractivity (Wildman–Crippen MR) is 113 cm³/mol. The maximum Gasteiger partial charge on any atom is 0.373 e. The van der Waals surface area contributed by atoms with Gasteiger partial charge in [-0.1, -0.05) is 0 Å². The van der Waals surface area contributed by atoms with E-state index in [0.717, 1.165) is 0 Å². The van der Waals surface area contributed by atoms with Gasteiger partial charge < -0.3 is 18.8 Å². The summed E-state index contributed by atoms with van der Waals surface area (Å²) in [6.07, 6.45) is 2.22. The van der Waals surface area contributed by atoms with E-state index in [2.05, 4.69) is 9.97 Å². The first kappa shape index (κ1) is 21.2. The maximum absolute atomic E-state index is 12.0. The van der Waals surface area contributed by atoms with Crippen molar-refractivity contribution in [3.8, 4) is 11.6 Å². The number of ether oxygens (including phenoxy) is 2. The Hall–Kier alpha value is -4.02. The van der Waals surface area contributed by atoms with E-state index in [1.54, 1.807) is 30.0 Å². The third-order valence-corrected chi connectivity index (χ3v) is 5.17. The molecule has 4 rings (SSSR count). The Kier molecular flexibility index (Phi) is 5.97. The highest BCUT2D eigenvalue weighted by Crippen LogP contribution is 2.38. The molecule has 2 aromatic heterocycles. The summed E-state index contributed by atoms with van der Waals surface area (Å²) in [7, 11) is 0. The van der Waals surface area contributed by atoms with Crippen LogP contribution in [0, 0.1) is 16.0 Å². The Balaban J connectivity index is 1.59. The van der Waals surface area contributed by atoms with Gasteiger partial charge in [-0.2, -0.15) is 4.98 Å². The number of piperidine rings is 1. The summed E-state index contributed by atoms with van der Waals surface area (Å²) in [6.45, 7) is 2.90. The lowest BCUT2D eigenvalue weighted by molar-refractivity contribution is -0.385. The van der Waals surface area contributed by atoms with E-state index in [1.807, 2.05) is 0 Å². The van der Waals surface area contributed by atoms with E-state index >= 15 is 0 Å². The molecule has 1 aliphatic rings. The molecule has 3 heterocycles. The third-order valence-electron chi connectivity index (χ3n) is 5.17. The number of carbonyl (C=O) groups is 1. The van der Waals surface area contributed by atoms with Crippen molar-refractivity contribution in [3.05, 3.63) is 57.2 Å². The van der Waals surface area contributed by atoms with Crippen molar-refractivity contribution in [1.29, 1.82) is 0 Å². The second-order valence-electron chi connectivity index (χ2n) is 7.18. The number of fused-ring (bicyclic) bond motifs is 1. The van der Waals surface area contributed by atoms with E-state index in [9.17, 15) is 19.7 Å². The van der Waals surface area contributed by atoms with Gasteiger partial charge in [-0.05, 0) is 44.0 Å². The second-order valence-corrected chi connectivity index (χ2v) is 7.18. The Morgan fingerprint density at radius 2 is 2.03 bits per heavy atom. The molecule has 1 aromatic carbocycles. The number of nitro groups is 1. The summed E-state index contributed by atoms with van der Waals surface area (Å²) >= 11 is 0. The fourth-order valence-electron chi connectivity index (χ4n) is 3.63. The minimum absolute atomic E-state index is 0.133. The van der Waals surface area contributed by atoms with Gasteiger partial charge in [0.05, 0.1) is 17.4 Å². The molecule has 0 unspecified atom stereocenters. The summed E-state index contributed by atoms with van der Waals surface area (Å²) in [4.78, 5) is 44.4. The second kappa shape index (κ2) is 9.00. The van der Waals surface area contributed by atoms with Gasteiger partial charge in [-0.25, -0.2) is 9.78 Å². The van der Waals surface area contributed by atoms with Gasteiger partial charge >= 0.3 is 23.2 Å². The smallest absolute Gasteiger partial charge is 0.373 e. The molecule has 1 fully saturated rings. The topological polar surface area (TPSA) is 138 Å². The van der Waals surface area contributed by atoms with Crippen molar-refractivity contribution in [2.75, 3.05) is 24.6 Å². The van der Waals surface area contributed by atoms with E-state index in [0.29, 0.717) is 49.3 Å². The highest BCUT2D eigenvalue weighted by atomic mass is 16.6. The number of aromatic nitrogens is 2. The summed E-state index contributed by atoms with van der Waals surface area (Å²) in [5.41, 5.74) is -0.469. The molecule has 3 aromatic rings. The Bertz CT molecular complexity index is 1220. The first-order valence-electron chi connectivity index (χ1n) is 10.1. The summed E-state index contributed by atoms with van der Waals surface area (Å²) < 4.78 is 15.9. The van der Waals surface area contributed by atoms with Crippen LogP contribution in [0.1, 0.15) is 19.8 Å². The predicted octanol–water partition coefficient (Wildman–Crippen LogP) is 3.06. The highest BCUT2D eigenvalue weighted by molar-refractivity contribution is 5.78. The van der Waals surface area contributed by atoms with Gasteiger partial charge in [0.1, 0.15) is 17.7 Å². The lowest BCUT2D eigenvalue weighted by Crippen LogP contribution is -2.37. The van der Waals surface area contributed by atoms with Crippen LogP contribution in [0.25, 0.3) is 11.0 Å². The van der Waals surface area contributed by atoms with Crippen LogP contribution in [-0.4, -0.2) is 40.6 Å². The van der Waals surface area contributed by atoms with Crippen LogP contribution in [0.2, 0.25) is 0 Å². The molecule has 166 valence electrons. The van der Waals surface area contributed by atoms with Crippen molar-refractivity contribution in [1.82, 2.24) is 9.97 Å². The molecule has 11 heteroatoms. The lowest BCUT2D eigenvalue weighted by Gasteiger charge is -2.31. The Labute approximate surface area is 181 Å². The normalized spacial score (nSPS) is 14.3. The summed E-state index contributed by atoms with van der Waals surface area (Å²) in [5, 5.41) is 12.5. The number of esters is 1. The number of hydrogen-bond donors (Lipinski definition) is 0. The third kappa shape index (κ3) is 4.36.